The Morgan fingerprint density at radius 2 is 1.85 bits per heavy atom. The molecule has 0 aromatic heterocycles. The molecule has 1 aromatic carbocycles. The third-order valence-corrected chi connectivity index (χ3v) is 7.89. The van der Waals surface area contributed by atoms with Gasteiger partial charge in [-0.15, -0.1) is 11.6 Å². The van der Waals surface area contributed by atoms with Crippen LogP contribution < -0.4 is 5.46 Å². The summed E-state index contributed by atoms with van der Waals surface area (Å²) in [5.74, 6) is 0.0440. The molecule has 1 spiro atoms. The van der Waals surface area contributed by atoms with Crippen LogP contribution >= 0.6 is 23.2 Å². The van der Waals surface area contributed by atoms with Gasteiger partial charge in [-0.25, -0.2) is 4.89 Å². The van der Waals surface area contributed by atoms with Crippen LogP contribution in [0.2, 0.25) is 5.02 Å². The van der Waals surface area contributed by atoms with Gasteiger partial charge in [-0.05, 0) is 55.9 Å². The van der Waals surface area contributed by atoms with Crippen LogP contribution in [0.15, 0.2) is 18.2 Å². The molecule has 6 rings (SSSR count). The number of hydrogen-bond donors (Lipinski definition) is 2. The maximum Gasteiger partial charge on any atom is 0.489 e. The van der Waals surface area contributed by atoms with Crippen molar-refractivity contribution in [3.63, 3.8) is 0 Å². The van der Waals surface area contributed by atoms with E-state index in [0.717, 1.165) is 32.1 Å². The predicted octanol–water partition coefficient (Wildman–Crippen LogP) is 2.34. The van der Waals surface area contributed by atoms with Gasteiger partial charge >= 0.3 is 7.12 Å². The smallest absolute Gasteiger partial charge is 0.423 e. The van der Waals surface area contributed by atoms with Crippen LogP contribution in [-0.4, -0.2) is 34.8 Å². The minimum atomic E-state index is -1.67. The second-order valence-electron chi connectivity index (χ2n) is 8.38. The molecule has 3 unspecified atom stereocenters. The monoisotopic (exact) mass is 398 g/mol. The van der Waals surface area contributed by atoms with E-state index in [4.69, 9.17) is 37.7 Å². The number of alkyl halides is 1. The quantitative estimate of drug-likeness (QED) is 0.464. The van der Waals surface area contributed by atoms with Crippen molar-refractivity contribution in [1.29, 1.82) is 0 Å². The molecule has 1 heterocycles. The molecule has 1 saturated heterocycles. The van der Waals surface area contributed by atoms with Gasteiger partial charge in [-0.3, -0.25) is 0 Å². The molecule has 1 aliphatic heterocycles. The fourth-order valence-electron chi connectivity index (χ4n) is 6.29. The third kappa shape index (κ3) is 2.07. The summed E-state index contributed by atoms with van der Waals surface area (Å²) in [6.45, 7) is 0. The van der Waals surface area contributed by atoms with Crippen LogP contribution in [0.3, 0.4) is 0 Å². The lowest BCUT2D eigenvalue weighted by Gasteiger charge is -2.70. The minimum absolute atomic E-state index is 0.132. The molecule has 5 fully saturated rings. The molecule has 0 amide bonds. The third-order valence-electron chi connectivity index (χ3n) is 7.08. The van der Waals surface area contributed by atoms with Crippen molar-refractivity contribution >= 4 is 35.8 Å². The van der Waals surface area contributed by atoms with E-state index >= 15 is 0 Å². The fourth-order valence-corrected chi connectivity index (χ4v) is 7.10. The molecule has 5 nitrogen and oxygen atoms in total. The first-order valence-electron chi connectivity index (χ1n) is 9.10. The second kappa shape index (κ2) is 5.60. The molecular weight excluding hydrogens is 378 g/mol. The van der Waals surface area contributed by atoms with E-state index in [0.29, 0.717) is 11.5 Å². The number of halogens is 2. The molecule has 26 heavy (non-hydrogen) atoms. The van der Waals surface area contributed by atoms with Crippen LogP contribution in [0.25, 0.3) is 0 Å². The van der Waals surface area contributed by atoms with Gasteiger partial charge in [0.2, 0.25) is 0 Å². The van der Waals surface area contributed by atoms with E-state index in [-0.39, 0.29) is 27.2 Å². The van der Waals surface area contributed by atoms with Gasteiger partial charge in [-0.1, -0.05) is 23.7 Å². The fraction of sp³-hybridized carbons (Fsp3) is 0.667. The zero-order valence-corrected chi connectivity index (χ0v) is 16.0. The molecule has 2 N–H and O–H groups in total. The Labute approximate surface area is 162 Å². The molecule has 8 heteroatoms. The van der Waals surface area contributed by atoms with E-state index in [2.05, 4.69) is 0 Å². The number of hydrogen-bond acceptors (Lipinski definition) is 5. The molecule has 140 valence electrons. The minimum Gasteiger partial charge on any atom is -0.423 e. The Hall–Kier alpha value is -0.335. The highest BCUT2D eigenvalue weighted by Gasteiger charge is 2.78. The summed E-state index contributed by atoms with van der Waals surface area (Å²) in [7, 11) is -0.0620. The van der Waals surface area contributed by atoms with Crippen LogP contribution in [0.4, 0.5) is 0 Å². The maximum atomic E-state index is 9.64. The zero-order chi connectivity index (χ0) is 18.3. The standard InChI is InChI=1S/C18H21BCl2O5/c1-24-18(11-2-3-15(20)14(6-11)19(22)23)17(25-26-18)12-4-10-5-13(17)9-16(21,7-10)8-12/h2-3,6,10,12-13,22-23H,4-5,7-9H2,1H3. The molecule has 0 radical (unpaired) electrons. The van der Waals surface area contributed by atoms with Crippen molar-refractivity contribution in [2.24, 2.45) is 17.8 Å². The van der Waals surface area contributed by atoms with Crippen molar-refractivity contribution in [2.45, 2.75) is 48.4 Å². The molecule has 1 aromatic rings. The van der Waals surface area contributed by atoms with Crippen molar-refractivity contribution < 1.29 is 24.6 Å². The number of benzene rings is 1. The summed E-state index contributed by atoms with van der Waals surface area (Å²) < 4.78 is 5.95. The van der Waals surface area contributed by atoms with Gasteiger partial charge in [0.05, 0.1) is 0 Å². The first-order chi connectivity index (χ1) is 12.3. The normalized spacial score (nSPS) is 45.8. The Morgan fingerprint density at radius 3 is 2.35 bits per heavy atom. The van der Waals surface area contributed by atoms with E-state index in [1.165, 1.54) is 0 Å². The molecule has 3 atom stereocenters. The lowest BCUT2D eigenvalue weighted by molar-refractivity contribution is -0.645. The Morgan fingerprint density at radius 1 is 1.15 bits per heavy atom. The van der Waals surface area contributed by atoms with Gasteiger partial charge in [0.1, 0.15) is 0 Å². The highest BCUT2D eigenvalue weighted by Crippen LogP contribution is 2.71. The van der Waals surface area contributed by atoms with Crippen LogP contribution in [0.1, 0.15) is 37.7 Å². The molecule has 4 bridgehead atoms. The highest BCUT2D eigenvalue weighted by atomic mass is 35.5. The van der Waals surface area contributed by atoms with Gasteiger partial charge in [0.25, 0.3) is 5.79 Å². The number of methoxy groups -OCH3 is 1. The summed E-state index contributed by atoms with van der Waals surface area (Å²) in [5, 5.41) is 19.6. The van der Waals surface area contributed by atoms with Crippen LogP contribution in [-0.2, 0) is 20.3 Å². The first-order valence-corrected chi connectivity index (χ1v) is 9.86. The summed E-state index contributed by atoms with van der Waals surface area (Å²) in [6, 6.07) is 5.09. The van der Waals surface area contributed by atoms with E-state index in [9.17, 15) is 10.0 Å². The molecule has 4 aliphatic carbocycles. The van der Waals surface area contributed by atoms with Crippen molar-refractivity contribution in [3.05, 3.63) is 28.8 Å². The summed E-state index contributed by atoms with van der Waals surface area (Å²) in [5.41, 5.74) is 0.321. The van der Waals surface area contributed by atoms with E-state index < -0.39 is 18.5 Å². The molecular formula is C18H21BCl2O5. The highest BCUT2D eigenvalue weighted by molar-refractivity contribution is 6.62. The van der Waals surface area contributed by atoms with E-state index in [1.807, 2.05) is 6.07 Å². The van der Waals surface area contributed by atoms with Gasteiger partial charge in [0.15, 0.2) is 5.60 Å². The summed E-state index contributed by atoms with van der Waals surface area (Å²) in [6.07, 6.45) is 4.98. The van der Waals surface area contributed by atoms with Crippen molar-refractivity contribution in [2.75, 3.05) is 7.11 Å². The second-order valence-corrected chi connectivity index (χ2v) is 9.59. The maximum absolute atomic E-state index is 9.64. The van der Waals surface area contributed by atoms with E-state index in [1.54, 1.807) is 19.2 Å². The van der Waals surface area contributed by atoms with Crippen LogP contribution in [0.5, 0.6) is 0 Å². The average molecular weight is 399 g/mol. The van der Waals surface area contributed by atoms with Crippen molar-refractivity contribution in [3.8, 4) is 0 Å². The predicted molar refractivity (Wildman–Crippen MR) is 97.0 cm³/mol. The van der Waals surface area contributed by atoms with Gasteiger partial charge in [-0.2, -0.15) is 4.89 Å². The lowest BCUT2D eigenvalue weighted by Crippen LogP contribution is -2.78. The number of rotatable bonds is 3. The Balaban J connectivity index is 1.61. The van der Waals surface area contributed by atoms with Crippen molar-refractivity contribution in [1.82, 2.24) is 0 Å². The SMILES string of the molecule is COC1(c2ccc(Cl)c(B(O)O)c2)OOC12C1CC3CC2CC(Cl)(C3)C1. The molecule has 4 saturated carbocycles. The Kier molecular flexibility index (Phi) is 3.82. The molecule has 5 aliphatic rings. The van der Waals surface area contributed by atoms with Gasteiger partial charge in [0, 0.05) is 28.0 Å². The number of ether oxygens (including phenoxy) is 1. The zero-order valence-electron chi connectivity index (χ0n) is 14.5. The van der Waals surface area contributed by atoms with Crippen LogP contribution in [0, 0.1) is 17.8 Å². The first kappa shape index (κ1) is 17.7. The largest absolute Gasteiger partial charge is 0.489 e. The topological polar surface area (TPSA) is 68.2 Å². The average Bonchev–Trinajstić information content (AvgIpc) is 2.54. The lowest BCUT2D eigenvalue weighted by atomic mass is 9.46. The Bertz CT molecular complexity index is 739. The summed E-state index contributed by atoms with van der Waals surface area (Å²) >= 11 is 13.0. The summed E-state index contributed by atoms with van der Waals surface area (Å²) in [4.78, 5) is 11.4. The van der Waals surface area contributed by atoms with Gasteiger partial charge < -0.3 is 14.8 Å².